The molecular weight excluding hydrogens is 305 g/mol. The quantitative estimate of drug-likeness (QED) is 0.802. The van der Waals surface area contributed by atoms with E-state index in [1.165, 1.54) is 0 Å². The van der Waals surface area contributed by atoms with Crippen LogP contribution in [0.15, 0.2) is 22.7 Å². The van der Waals surface area contributed by atoms with Gasteiger partial charge in [0.05, 0.1) is 7.11 Å². The number of methoxy groups -OCH3 is 1. The molecule has 2 rings (SSSR count). The minimum absolute atomic E-state index is 0.121. The molecule has 1 amide bonds. The number of carbonyl (C=O) groups excluding carboxylic acids is 1. The van der Waals surface area contributed by atoms with Crippen LogP contribution in [0.5, 0.6) is 5.75 Å². The van der Waals surface area contributed by atoms with Gasteiger partial charge in [-0.15, -0.1) is 11.6 Å². The summed E-state index contributed by atoms with van der Waals surface area (Å²) in [6.45, 7) is 0.682. The molecule has 3 nitrogen and oxygen atoms in total. The lowest BCUT2D eigenvalue weighted by molar-refractivity contribution is -0.117. The van der Waals surface area contributed by atoms with Crippen LogP contribution in [0.25, 0.3) is 0 Å². The van der Waals surface area contributed by atoms with Crippen molar-refractivity contribution in [1.29, 1.82) is 0 Å². The van der Waals surface area contributed by atoms with E-state index in [9.17, 15) is 4.79 Å². The Labute approximate surface area is 114 Å². The van der Waals surface area contributed by atoms with Crippen LogP contribution < -0.4 is 9.64 Å². The molecule has 1 heterocycles. The Morgan fingerprint density at radius 1 is 1.53 bits per heavy atom. The van der Waals surface area contributed by atoms with Crippen LogP contribution in [0.2, 0.25) is 0 Å². The van der Waals surface area contributed by atoms with Gasteiger partial charge in [0.15, 0.2) is 0 Å². The highest BCUT2D eigenvalue weighted by atomic mass is 79.9. The second-order valence-electron chi connectivity index (χ2n) is 4.08. The summed E-state index contributed by atoms with van der Waals surface area (Å²) in [5, 5.41) is 0. The van der Waals surface area contributed by atoms with Crippen LogP contribution >= 0.6 is 27.5 Å². The molecule has 0 N–H and O–H groups in total. The van der Waals surface area contributed by atoms with Crippen molar-refractivity contribution in [2.45, 2.75) is 6.42 Å². The topological polar surface area (TPSA) is 29.5 Å². The first-order chi connectivity index (χ1) is 8.13. The fourth-order valence-electron chi connectivity index (χ4n) is 1.96. The Hall–Kier alpha value is -0.740. The Morgan fingerprint density at radius 3 is 2.88 bits per heavy atom. The Bertz CT molecular complexity index is 439. The first-order valence-corrected chi connectivity index (χ1v) is 6.67. The Balaban J connectivity index is 2.28. The van der Waals surface area contributed by atoms with Crippen LogP contribution in [-0.4, -0.2) is 25.4 Å². The van der Waals surface area contributed by atoms with E-state index >= 15 is 0 Å². The molecule has 1 unspecified atom stereocenters. The molecule has 0 radical (unpaired) electrons. The van der Waals surface area contributed by atoms with E-state index < -0.39 is 0 Å². The number of hydrogen-bond acceptors (Lipinski definition) is 2. The zero-order valence-electron chi connectivity index (χ0n) is 9.45. The number of benzene rings is 1. The summed E-state index contributed by atoms with van der Waals surface area (Å²) in [4.78, 5) is 13.6. The van der Waals surface area contributed by atoms with Crippen molar-refractivity contribution >= 4 is 39.1 Å². The third-order valence-electron chi connectivity index (χ3n) is 2.83. The fourth-order valence-corrected chi connectivity index (χ4v) is 2.62. The van der Waals surface area contributed by atoms with E-state index in [0.29, 0.717) is 18.8 Å². The van der Waals surface area contributed by atoms with E-state index in [1.807, 2.05) is 18.2 Å². The normalized spacial score (nSPS) is 19.8. The van der Waals surface area contributed by atoms with Gasteiger partial charge in [-0.1, -0.05) is 15.9 Å². The van der Waals surface area contributed by atoms with Gasteiger partial charge in [0, 0.05) is 35.1 Å². The maximum Gasteiger partial charge on any atom is 0.227 e. The summed E-state index contributed by atoms with van der Waals surface area (Å²) < 4.78 is 6.09. The zero-order valence-corrected chi connectivity index (χ0v) is 11.8. The van der Waals surface area contributed by atoms with E-state index in [0.717, 1.165) is 15.9 Å². The van der Waals surface area contributed by atoms with Crippen molar-refractivity contribution in [1.82, 2.24) is 0 Å². The first-order valence-electron chi connectivity index (χ1n) is 5.35. The number of anilines is 1. The lowest BCUT2D eigenvalue weighted by Gasteiger charge is -2.17. The summed E-state index contributed by atoms with van der Waals surface area (Å²) in [7, 11) is 1.61. The summed E-state index contributed by atoms with van der Waals surface area (Å²) in [6, 6.07) is 5.64. The molecule has 0 saturated carbocycles. The molecule has 1 aliphatic heterocycles. The van der Waals surface area contributed by atoms with Crippen LogP contribution in [0.3, 0.4) is 0 Å². The fraction of sp³-hybridized carbons (Fsp3) is 0.417. The third kappa shape index (κ3) is 2.75. The molecule has 1 fully saturated rings. The highest BCUT2D eigenvalue weighted by Gasteiger charge is 2.30. The molecule has 1 aliphatic rings. The van der Waals surface area contributed by atoms with Crippen LogP contribution in [0.4, 0.5) is 5.69 Å². The molecule has 1 atom stereocenters. The average Bonchev–Trinajstić information content (AvgIpc) is 2.69. The van der Waals surface area contributed by atoms with E-state index in [4.69, 9.17) is 16.3 Å². The largest absolute Gasteiger partial charge is 0.497 e. The van der Waals surface area contributed by atoms with Gasteiger partial charge in [0.25, 0.3) is 0 Å². The summed E-state index contributed by atoms with van der Waals surface area (Å²) in [5.41, 5.74) is 0.855. The van der Waals surface area contributed by atoms with Gasteiger partial charge in [-0.05, 0) is 18.1 Å². The van der Waals surface area contributed by atoms with Crippen molar-refractivity contribution in [2.24, 2.45) is 5.92 Å². The summed E-state index contributed by atoms with van der Waals surface area (Å²) in [6.07, 6.45) is 0.526. The SMILES string of the molecule is COc1cc(Br)cc(N2CC(CCl)CC2=O)c1. The predicted octanol–water partition coefficient (Wildman–Crippen LogP) is 3.05. The maximum absolute atomic E-state index is 11.9. The highest BCUT2D eigenvalue weighted by molar-refractivity contribution is 9.10. The Morgan fingerprint density at radius 2 is 2.29 bits per heavy atom. The number of rotatable bonds is 3. The standard InChI is InChI=1S/C12H13BrClNO2/c1-17-11-4-9(13)3-10(5-11)15-7-8(6-14)2-12(15)16/h3-5,8H,2,6-7H2,1H3. The van der Waals surface area contributed by atoms with Crippen molar-refractivity contribution in [3.63, 3.8) is 0 Å². The van der Waals surface area contributed by atoms with Crippen molar-refractivity contribution in [3.8, 4) is 5.75 Å². The van der Waals surface area contributed by atoms with Gasteiger partial charge >= 0.3 is 0 Å². The van der Waals surface area contributed by atoms with Crippen molar-refractivity contribution in [3.05, 3.63) is 22.7 Å². The molecule has 17 heavy (non-hydrogen) atoms. The van der Waals surface area contributed by atoms with Gasteiger partial charge in [0.1, 0.15) is 5.75 Å². The van der Waals surface area contributed by atoms with Gasteiger partial charge in [-0.2, -0.15) is 0 Å². The number of alkyl halides is 1. The average molecular weight is 319 g/mol. The van der Waals surface area contributed by atoms with Gasteiger partial charge in [-0.3, -0.25) is 4.79 Å². The van der Waals surface area contributed by atoms with Crippen LogP contribution in [-0.2, 0) is 4.79 Å². The number of carbonyl (C=O) groups is 1. The van der Waals surface area contributed by atoms with Gasteiger partial charge in [-0.25, -0.2) is 0 Å². The lowest BCUT2D eigenvalue weighted by atomic mass is 10.1. The number of nitrogens with zero attached hydrogens (tertiary/aromatic N) is 1. The van der Waals surface area contributed by atoms with Gasteiger partial charge < -0.3 is 9.64 Å². The van der Waals surface area contributed by atoms with E-state index in [1.54, 1.807) is 12.0 Å². The number of amides is 1. The second-order valence-corrected chi connectivity index (χ2v) is 5.30. The smallest absolute Gasteiger partial charge is 0.227 e. The van der Waals surface area contributed by atoms with E-state index in [2.05, 4.69) is 15.9 Å². The maximum atomic E-state index is 11.9. The molecule has 1 aromatic carbocycles. The van der Waals surface area contributed by atoms with Crippen molar-refractivity contribution < 1.29 is 9.53 Å². The minimum Gasteiger partial charge on any atom is -0.497 e. The molecule has 0 spiro atoms. The highest BCUT2D eigenvalue weighted by Crippen LogP contribution is 2.31. The van der Waals surface area contributed by atoms with E-state index in [-0.39, 0.29) is 11.8 Å². The number of ether oxygens (including phenoxy) is 1. The monoisotopic (exact) mass is 317 g/mol. The van der Waals surface area contributed by atoms with Crippen LogP contribution in [0.1, 0.15) is 6.42 Å². The molecule has 1 saturated heterocycles. The molecule has 92 valence electrons. The third-order valence-corrected chi connectivity index (χ3v) is 3.72. The number of halogens is 2. The van der Waals surface area contributed by atoms with Gasteiger partial charge in [0.2, 0.25) is 5.91 Å². The predicted molar refractivity (Wildman–Crippen MR) is 71.9 cm³/mol. The Kier molecular flexibility index (Phi) is 3.94. The minimum atomic E-state index is 0.121. The molecular formula is C12H13BrClNO2. The molecule has 5 heteroatoms. The second kappa shape index (κ2) is 5.27. The zero-order chi connectivity index (χ0) is 12.4. The lowest BCUT2D eigenvalue weighted by Crippen LogP contribution is -2.24. The van der Waals surface area contributed by atoms with Crippen molar-refractivity contribution in [2.75, 3.05) is 24.4 Å². The molecule has 0 bridgehead atoms. The summed E-state index contributed by atoms with van der Waals surface area (Å²) in [5.74, 6) is 1.62. The number of hydrogen-bond donors (Lipinski definition) is 0. The first kappa shape index (κ1) is 12.7. The molecule has 0 aromatic heterocycles. The summed E-state index contributed by atoms with van der Waals surface area (Å²) >= 11 is 9.21. The van der Waals surface area contributed by atoms with Crippen LogP contribution in [0, 0.1) is 5.92 Å². The molecule has 0 aliphatic carbocycles. The molecule has 1 aromatic rings.